The van der Waals surface area contributed by atoms with Crippen LogP contribution in [0.2, 0.25) is 5.02 Å². The SMILES string of the molecule is CCCSCC(=O)NC(CC(=O)O)c1ccc(Cl)c(F)c1. The van der Waals surface area contributed by atoms with E-state index < -0.39 is 17.8 Å². The molecule has 0 fully saturated rings. The van der Waals surface area contributed by atoms with Crippen LogP contribution in [0.25, 0.3) is 0 Å². The molecule has 1 rings (SSSR count). The molecule has 0 aliphatic rings. The van der Waals surface area contributed by atoms with Crippen molar-refractivity contribution in [1.29, 1.82) is 0 Å². The van der Waals surface area contributed by atoms with Gasteiger partial charge in [0.1, 0.15) is 5.82 Å². The van der Waals surface area contributed by atoms with Crippen molar-refractivity contribution >= 4 is 35.2 Å². The molecule has 0 bridgehead atoms. The zero-order chi connectivity index (χ0) is 15.8. The maximum absolute atomic E-state index is 13.5. The number of nitrogens with one attached hydrogen (secondary N) is 1. The Morgan fingerprint density at radius 2 is 2.19 bits per heavy atom. The number of carboxylic acid groups (broad SMARTS) is 1. The van der Waals surface area contributed by atoms with Crippen LogP contribution in [0.1, 0.15) is 31.4 Å². The third-order valence-electron chi connectivity index (χ3n) is 2.64. The second-order valence-corrected chi connectivity index (χ2v) is 5.96. The second-order valence-electron chi connectivity index (χ2n) is 4.44. The number of amides is 1. The van der Waals surface area contributed by atoms with E-state index in [0.29, 0.717) is 5.56 Å². The van der Waals surface area contributed by atoms with E-state index in [1.54, 1.807) is 0 Å². The predicted octanol–water partition coefficient (Wildman–Crippen LogP) is 3.25. The number of hydrogen-bond donors (Lipinski definition) is 2. The largest absolute Gasteiger partial charge is 0.481 e. The number of rotatable bonds is 8. The third-order valence-corrected chi connectivity index (χ3v) is 4.11. The van der Waals surface area contributed by atoms with Gasteiger partial charge in [-0.05, 0) is 29.9 Å². The van der Waals surface area contributed by atoms with E-state index in [9.17, 15) is 14.0 Å². The summed E-state index contributed by atoms with van der Waals surface area (Å²) in [6, 6.07) is 3.23. The minimum atomic E-state index is -1.07. The lowest BCUT2D eigenvalue weighted by Crippen LogP contribution is -2.31. The molecule has 0 heterocycles. The average molecular weight is 334 g/mol. The number of halogens is 2. The molecular formula is C14H17ClFNO3S. The molecule has 1 unspecified atom stereocenters. The van der Waals surface area contributed by atoms with Gasteiger partial charge < -0.3 is 10.4 Å². The maximum Gasteiger partial charge on any atom is 0.305 e. The van der Waals surface area contributed by atoms with Crippen molar-refractivity contribution in [2.75, 3.05) is 11.5 Å². The van der Waals surface area contributed by atoms with E-state index in [1.807, 2.05) is 6.92 Å². The van der Waals surface area contributed by atoms with Crippen molar-refractivity contribution in [1.82, 2.24) is 5.32 Å². The van der Waals surface area contributed by atoms with Crippen LogP contribution in [0, 0.1) is 5.82 Å². The monoisotopic (exact) mass is 333 g/mol. The summed E-state index contributed by atoms with van der Waals surface area (Å²) < 4.78 is 13.5. The summed E-state index contributed by atoms with van der Waals surface area (Å²) in [5, 5.41) is 11.5. The van der Waals surface area contributed by atoms with Crippen molar-refractivity contribution in [2.24, 2.45) is 0 Å². The maximum atomic E-state index is 13.5. The first-order chi connectivity index (χ1) is 9.93. The molecule has 0 aliphatic carbocycles. The second kappa shape index (κ2) is 8.89. The summed E-state index contributed by atoms with van der Waals surface area (Å²) >= 11 is 7.07. The Kier molecular flexibility index (Phi) is 7.53. The van der Waals surface area contributed by atoms with Gasteiger partial charge in [0.15, 0.2) is 0 Å². The molecule has 1 aromatic carbocycles. The van der Waals surface area contributed by atoms with Crippen LogP contribution in [-0.2, 0) is 9.59 Å². The Morgan fingerprint density at radius 1 is 1.48 bits per heavy atom. The lowest BCUT2D eigenvalue weighted by molar-refractivity contribution is -0.137. The van der Waals surface area contributed by atoms with Gasteiger partial charge in [-0.1, -0.05) is 24.6 Å². The zero-order valence-corrected chi connectivity index (χ0v) is 13.1. The fourth-order valence-electron chi connectivity index (χ4n) is 1.70. The number of aliphatic carboxylic acids is 1. The number of thioether (sulfide) groups is 1. The van der Waals surface area contributed by atoms with Crippen molar-refractivity contribution in [2.45, 2.75) is 25.8 Å². The van der Waals surface area contributed by atoms with Crippen molar-refractivity contribution in [3.63, 3.8) is 0 Å². The Morgan fingerprint density at radius 3 is 2.76 bits per heavy atom. The van der Waals surface area contributed by atoms with Crippen LogP contribution in [0.3, 0.4) is 0 Å². The first-order valence-electron chi connectivity index (χ1n) is 6.48. The number of carbonyl (C=O) groups excluding carboxylic acids is 1. The molecule has 4 nitrogen and oxygen atoms in total. The van der Waals surface area contributed by atoms with Gasteiger partial charge in [-0.3, -0.25) is 9.59 Å². The van der Waals surface area contributed by atoms with Gasteiger partial charge in [0.2, 0.25) is 5.91 Å². The normalized spacial score (nSPS) is 12.0. The van der Waals surface area contributed by atoms with E-state index in [4.69, 9.17) is 16.7 Å². The Balaban J connectivity index is 2.77. The van der Waals surface area contributed by atoms with E-state index in [2.05, 4.69) is 5.32 Å². The highest BCUT2D eigenvalue weighted by atomic mass is 35.5. The molecular weight excluding hydrogens is 317 g/mol. The van der Waals surface area contributed by atoms with Gasteiger partial charge >= 0.3 is 5.97 Å². The third kappa shape index (κ3) is 6.35. The summed E-state index contributed by atoms with van der Waals surface area (Å²) in [6.07, 6.45) is 0.643. The highest BCUT2D eigenvalue weighted by Crippen LogP contribution is 2.22. The van der Waals surface area contributed by atoms with Crippen molar-refractivity contribution in [3.05, 3.63) is 34.6 Å². The highest BCUT2D eigenvalue weighted by Gasteiger charge is 2.19. The van der Waals surface area contributed by atoms with Crippen LogP contribution < -0.4 is 5.32 Å². The molecule has 1 atom stereocenters. The summed E-state index contributed by atoms with van der Waals surface area (Å²) in [5.41, 5.74) is 0.383. The lowest BCUT2D eigenvalue weighted by Gasteiger charge is -2.17. The van der Waals surface area contributed by atoms with Crippen LogP contribution in [0.5, 0.6) is 0 Å². The van der Waals surface area contributed by atoms with Crippen molar-refractivity contribution in [3.8, 4) is 0 Å². The quantitative estimate of drug-likeness (QED) is 0.717. The van der Waals surface area contributed by atoms with Gasteiger partial charge in [-0.2, -0.15) is 11.8 Å². The van der Waals surface area contributed by atoms with Gasteiger partial charge in [-0.25, -0.2) is 4.39 Å². The topological polar surface area (TPSA) is 66.4 Å². The fourth-order valence-corrected chi connectivity index (χ4v) is 2.52. The zero-order valence-electron chi connectivity index (χ0n) is 11.6. The number of benzene rings is 1. The molecule has 0 aliphatic heterocycles. The molecule has 1 amide bonds. The Bertz CT molecular complexity index is 513. The number of carboxylic acids is 1. The van der Waals surface area contributed by atoms with Gasteiger partial charge in [0, 0.05) is 0 Å². The van der Waals surface area contributed by atoms with E-state index in [0.717, 1.165) is 18.2 Å². The van der Waals surface area contributed by atoms with E-state index in [1.165, 1.54) is 23.9 Å². The van der Waals surface area contributed by atoms with Crippen molar-refractivity contribution < 1.29 is 19.1 Å². The molecule has 0 spiro atoms. The average Bonchev–Trinajstić information content (AvgIpc) is 2.41. The summed E-state index contributed by atoms with van der Waals surface area (Å²) in [7, 11) is 0. The van der Waals surface area contributed by atoms with Gasteiger partial charge in [-0.15, -0.1) is 0 Å². The molecule has 21 heavy (non-hydrogen) atoms. The summed E-state index contributed by atoms with van der Waals surface area (Å²) in [4.78, 5) is 22.7. The predicted molar refractivity (Wildman–Crippen MR) is 82.2 cm³/mol. The standard InChI is InChI=1S/C14H17ClFNO3S/c1-2-5-21-8-13(18)17-12(7-14(19)20)9-3-4-10(15)11(16)6-9/h3-4,6,12H,2,5,7-8H2,1H3,(H,17,18)(H,19,20). The molecule has 7 heteroatoms. The van der Waals surface area contributed by atoms with E-state index in [-0.39, 0.29) is 23.1 Å². The number of carbonyl (C=O) groups is 2. The highest BCUT2D eigenvalue weighted by molar-refractivity contribution is 7.99. The van der Waals surface area contributed by atoms with E-state index >= 15 is 0 Å². The molecule has 116 valence electrons. The molecule has 0 saturated carbocycles. The van der Waals surface area contributed by atoms with Gasteiger partial charge in [0.25, 0.3) is 0 Å². The first-order valence-corrected chi connectivity index (χ1v) is 8.01. The lowest BCUT2D eigenvalue weighted by atomic mass is 10.0. The summed E-state index contributed by atoms with van der Waals surface area (Å²) in [5.74, 6) is -0.877. The first kappa shape index (κ1) is 17.8. The minimum Gasteiger partial charge on any atom is -0.481 e. The fraction of sp³-hybridized carbons (Fsp3) is 0.429. The molecule has 0 aromatic heterocycles. The smallest absolute Gasteiger partial charge is 0.305 e. The van der Waals surface area contributed by atoms with Crippen LogP contribution in [-0.4, -0.2) is 28.5 Å². The molecule has 2 N–H and O–H groups in total. The van der Waals surface area contributed by atoms with Gasteiger partial charge in [0.05, 0.1) is 23.2 Å². The summed E-state index contributed by atoms with van der Waals surface area (Å²) in [6.45, 7) is 2.01. The number of hydrogen-bond acceptors (Lipinski definition) is 3. The van der Waals surface area contributed by atoms with Crippen LogP contribution >= 0.6 is 23.4 Å². The van der Waals surface area contributed by atoms with Crippen LogP contribution in [0.15, 0.2) is 18.2 Å². The molecule has 0 saturated heterocycles. The Hall–Kier alpha value is -1.27. The minimum absolute atomic E-state index is 0.0438. The molecule has 1 aromatic rings. The Labute approximate surface area is 132 Å². The molecule has 0 radical (unpaired) electrons. The van der Waals surface area contributed by atoms with Crippen LogP contribution in [0.4, 0.5) is 4.39 Å².